The van der Waals surface area contributed by atoms with Crippen molar-refractivity contribution in [1.29, 1.82) is 0 Å². The van der Waals surface area contributed by atoms with Gasteiger partial charge < -0.3 is 5.11 Å². The number of aldehydes is 1. The van der Waals surface area contributed by atoms with Crippen LogP contribution in [0.2, 0.25) is 0 Å². The molecule has 2 nitrogen and oxygen atoms in total. The van der Waals surface area contributed by atoms with Gasteiger partial charge in [0.1, 0.15) is 10.6 Å². The van der Waals surface area contributed by atoms with Crippen LogP contribution in [0.3, 0.4) is 0 Å². The average molecular weight is 196 g/mol. The molecule has 0 aliphatic rings. The minimum absolute atomic E-state index is 0.0700. The highest BCUT2D eigenvalue weighted by Gasteiger charge is 2.10. The highest BCUT2D eigenvalue weighted by atomic mass is 32.1. The highest BCUT2D eigenvalue weighted by Crippen LogP contribution is 2.31. The molecule has 0 amide bonds. The summed E-state index contributed by atoms with van der Waals surface area (Å²) in [6.45, 7) is 0. The molecule has 0 saturated heterocycles. The number of thiophene rings is 1. The summed E-state index contributed by atoms with van der Waals surface area (Å²) in [6, 6.07) is 4.30. The van der Waals surface area contributed by atoms with Crippen LogP contribution in [0.4, 0.5) is 4.39 Å². The SMILES string of the molecule is O=Cc1sc2cc(O)ccc2c1F. The molecule has 13 heavy (non-hydrogen) atoms. The van der Waals surface area contributed by atoms with E-state index >= 15 is 0 Å². The molecule has 0 radical (unpaired) electrons. The van der Waals surface area contributed by atoms with E-state index in [4.69, 9.17) is 5.11 Å². The lowest BCUT2D eigenvalue weighted by Crippen LogP contribution is -1.76. The summed E-state index contributed by atoms with van der Waals surface area (Å²) in [5.41, 5.74) is 0. The molecule has 1 aromatic carbocycles. The number of halogens is 1. The normalized spacial score (nSPS) is 10.5. The first-order chi connectivity index (χ1) is 6.22. The van der Waals surface area contributed by atoms with Gasteiger partial charge in [0.25, 0.3) is 0 Å². The molecule has 1 aromatic heterocycles. The van der Waals surface area contributed by atoms with Crippen molar-refractivity contribution in [1.82, 2.24) is 0 Å². The molecular formula is C9H5FO2S. The van der Waals surface area contributed by atoms with Crippen LogP contribution in [0, 0.1) is 5.82 Å². The maximum atomic E-state index is 13.3. The Balaban J connectivity index is 2.83. The van der Waals surface area contributed by atoms with E-state index in [1.54, 1.807) is 0 Å². The van der Waals surface area contributed by atoms with Gasteiger partial charge >= 0.3 is 0 Å². The summed E-state index contributed by atoms with van der Waals surface area (Å²) < 4.78 is 13.8. The maximum absolute atomic E-state index is 13.3. The molecular weight excluding hydrogens is 191 g/mol. The standard InChI is InChI=1S/C9H5FO2S/c10-9-6-2-1-5(12)3-7(6)13-8(9)4-11/h1-4,12H. The van der Waals surface area contributed by atoms with Gasteiger partial charge in [0.05, 0.1) is 0 Å². The van der Waals surface area contributed by atoms with Gasteiger partial charge in [-0.3, -0.25) is 4.79 Å². The minimum Gasteiger partial charge on any atom is -0.508 e. The summed E-state index contributed by atoms with van der Waals surface area (Å²) >= 11 is 1.03. The fourth-order valence-electron chi connectivity index (χ4n) is 1.15. The maximum Gasteiger partial charge on any atom is 0.163 e. The number of benzene rings is 1. The molecule has 0 spiro atoms. The van der Waals surface area contributed by atoms with E-state index < -0.39 is 5.82 Å². The summed E-state index contributed by atoms with van der Waals surface area (Å²) in [6.07, 6.45) is 0.483. The Morgan fingerprint density at radius 1 is 1.46 bits per heavy atom. The third kappa shape index (κ3) is 1.19. The van der Waals surface area contributed by atoms with Crippen LogP contribution in [-0.4, -0.2) is 11.4 Å². The van der Waals surface area contributed by atoms with Crippen molar-refractivity contribution in [3.05, 3.63) is 28.9 Å². The van der Waals surface area contributed by atoms with Crippen LogP contribution in [0.1, 0.15) is 9.67 Å². The second-order valence-electron chi connectivity index (χ2n) is 2.58. The summed E-state index contributed by atoms with van der Waals surface area (Å²) in [5.74, 6) is -0.429. The quantitative estimate of drug-likeness (QED) is 0.711. The Bertz CT molecular complexity index is 476. The first-order valence-corrected chi connectivity index (χ1v) is 4.40. The van der Waals surface area contributed by atoms with Crippen molar-refractivity contribution in [2.75, 3.05) is 0 Å². The fourth-order valence-corrected chi connectivity index (χ4v) is 2.08. The molecule has 0 fully saturated rings. The summed E-state index contributed by atoms with van der Waals surface area (Å²) in [7, 11) is 0. The van der Waals surface area contributed by atoms with Gasteiger partial charge in [0.15, 0.2) is 12.1 Å². The largest absolute Gasteiger partial charge is 0.508 e. The third-order valence-corrected chi connectivity index (χ3v) is 2.80. The molecule has 2 rings (SSSR count). The van der Waals surface area contributed by atoms with Crippen LogP contribution in [0.5, 0.6) is 5.75 Å². The molecule has 0 saturated carbocycles. The van der Waals surface area contributed by atoms with E-state index in [0.717, 1.165) is 11.3 Å². The number of rotatable bonds is 1. The lowest BCUT2D eigenvalue weighted by atomic mass is 10.2. The van der Waals surface area contributed by atoms with E-state index in [1.165, 1.54) is 18.2 Å². The summed E-state index contributed by atoms with van der Waals surface area (Å²) in [4.78, 5) is 10.5. The number of hydrogen-bond donors (Lipinski definition) is 1. The number of aromatic hydroxyl groups is 1. The van der Waals surface area contributed by atoms with Crippen molar-refractivity contribution in [3.8, 4) is 5.75 Å². The monoisotopic (exact) mass is 196 g/mol. The molecule has 0 unspecified atom stereocenters. The number of fused-ring (bicyclic) bond motifs is 1. The third-order valence-electron chi connectivity index (χ3n) is 1.74. The lowest BCUT2D eigenvalue weighted by Gasteiger charge is -1.90. The Morgan fingerprint density at radius 3 is 2.92 bits per heavy atom. The van der Waals surface area contributed by atoms with E-state index in [-0.39, 0.29) is 10.6 Å². The van der Waals surface area contributed by atoms with Crippen molar-refractivity contribution >= 4 is 27.7 Å². The van der Waals surface area contributed by atoms with E-state index in [2.05, 4.69) is 0 Å². The molecule has 0 atom stereocenters. The zero-order valence-corrected chi connectivity index (χ0v) is 7.27. The van der Waals surface area contributed by atoms with Crippen LogP contribution < -0.4 is 0 Å². The Labute approximate surface area is 77.2 Å². The van der Waals surface area contributed by atoms with Gasteiger partial charge in [-0.2, -0.15) is 0 Å². The van der Waals surface area contributed by atoms with Gasteiger partial charge in [-0.1, -0.05) is 0 Å². The molecule has 0 aliphatic carbocycles. The second kappa shape index (κ2) is 2.81. The predicted molar refractivity (Wildman–Crippen MR) is 48.8 cm³/mol. The number of carbonyl (C=O) groups excluding carboxylic acids is 1. The van der Waals surface area contributed by atoms with Crippen LogP contribution >= 0.6 is 11.3 Å². The van der Waals surface area contributed by atoms with Gasteiger partial charge in [-0.15, -0.1) is 11.3 Å². The first kappa shape index (κ1) is 8.19. The smallest absolute Gasteiger partial charge is 0.163 e. The van der Waals surface area contributed by atoms with Gasteiger partial charge in [-0.25, -0.2) is 4.39 Å². The first-order valence-electron chi connectivity index (χ1n) is 3.58. The summed E-state index contributed by atoms with van der Waals surface area (Å²) in [5, 5.41) is 9.48. The van der Waals surface area contributed by atoms with E-state index in [1.807, 2.05) is 0 Å². The number of phenolic OH excluding ortho intramolecular Hbond substituents is 1. The Hall–Kier alpha value is -1.42. The molecule has 4 heteroatoms. The Morgan fingerprint density at radius 2 is 2.23 bits per heavy atom. The minimum atomic E-state index is -0.505. The number of carbonyl (C=O) groups is 1. The van der Waals surface area contributed by atoms with Crippen molar-refractivity contribution in [2.24, 2.45) is 0 Å². The van der Waals surface area contributed by atoms with Crippen LogP contribution in [0.15, 0.2) is 18.2 Å². The molecule has 0 aliphatic heterocycles. The highest BCUT2D eigenvalue weighted by molar-refractivity contribution is 7.20. The zero-order valence-electron chi connectivity index (χ0n) is 6.45. The molecule has 2 aromatic rings. The molecule has 0 bridgehead atoms. The van der Waals surface area contributed by atoms with Crippen molar-refractivity contribution in [2.45, 2.75) is 0 Å². The van der Waals surface area contributed by atoms with E-state index in [0.29, 0.717) is 16.4 Å². The van der Waals surface area contributed by atoms with Crippen LogP contribution in [-0.2, 0) is 0 Å². The predicted octanol–water partition coefficient (Wildman–Crippen LogP) is 2.56. The van der Waals surface area contributed by atoms with Crippen molar-refractivity contribution < 1.29 is 14.3 Å². The van der Waals surface area contributed by atoms with Crippen molar-refractivity contribution in [3.63, 3.8) is 0 Å². The molecule has 66 valence electrons. The number of hydrogen-bond acceptors (Lipinski definition) is 3. The molecule has 1 heterocycles. The van der Waals surface area contributed by atoms with Crippen LogP contribution in [0.25, 0.3) is 10.1 Å². The van der Waals surface area contributed by atoms with Gasteiger partial charge in [0, 0.05) is 10.1 Å². The second-order valence-corrected chi connectivity index (χ2v) is 3.66. The van der Waals surface area contributed by atoms with Gasteiger partial charge in [0.2, 0.25) is 0 Å². The van der Waals surface area contributed by atoms with E-state index in [9.17, 15) is 9.18 Å². The fraction of sp³-hybridized carbons (Fsp3) is 0. The zero-order chi connectivity index (χ0) is 9.42. The average Bonchev–Trinajstić information content (AvgIpc) is 2.42. The van der Waals surface area contributed by atoms with Gasteiger partial charge in [-0.05, 0) is 18.2 Å². The molecule has 1 N–H and O–H groups in total. The number of phenols is 1. The topological polar surface area (TPSA) is 37.3 Å². The lowest BCUT2D eigenvalue weighted by molar-refractivity contribution is 0.112. The Kier molecular flexibility index (Phi) is 1.77.